The lowest BCUT2D eigenvalue weighted by atomic mass is 10.2. The summed E-state index contributed by atoms with van der Waals surface area (Å²) < 4.78 is 1.53. The summed E-state index contributed by atoms with van der Waals surface area (Å²) in [7, 11) is 0. The van der Waals surface area contributed by atoms with Crippen LogP contribution in [0.15, 0.2) is 33.3 Å². The van der Waals surface area contributed by atoms with Crippen molar-refractivity contribution < 1.29 is 5.11 Å². The molecule has 2 rings (SSSR count). The maximum absolute atomic E-state index is 9.67. The molecule has 1 aromatic carbocycles. The van der Waals surface area contributed by atoms with Gasteiger partial charge in [0.2, 0.25) is 0 Å². The lowest BCUT2D eigenvalue weighted by molar-refractivity contribution is 0.478. The predicted octanol–water partition coefficient (Wildman–Crippen LogP) is 3.47. The highest BCUT2D eigenvalue weighted by atomic mass is 79.9. The number of benzene rings is 1. The molecule has 0 saturated carbocycles. The minimum Gasteiger partial charge on any atom is -0.506 e. The average Bonchev–Trinajstić information content (AvgIpc) is 2.15. The first-order valence-electron chi connectivity index (χ1n) is 3.62. The Morgan fingerprint density at radius 1 is 1.23 bits per heavy atom. The number of pyridine rings is 1. The van der Waals surface area contributed by atoms with E-state index < -0.39 is 0 Å². The maximum Gasteiger partial charge on any atom is 0.139 e. The molecule has 1 N–H and O–H groups in total. The number of fused-ring (bicyclic) bond motifs is 1. The highest BCUT2D eigenvalue weighted by Crippen LogP contribution is 2.36. The Hall–Kier alpha value is -0.610. The van der Waals surface area contributed by atoms with Crippen molar-refractivity contribution in [1.82, 2.24) is 4.98 Å². The van der Waals surface area contributed by atoms with Crippen LogP contribution in [-0.2, 0) is 0 Å². The fourth-order valence-electron chi connectivity index (χ4n) is 1.16. The predicted molar refractivity (Wildman–Crippen MR) is 58.8 cm³/mol. The number of phenols is 1. The lowest BCUT2D eigenvalue weighted by Crippen LogP contribution is -1.81. The summed E-state index contributed by atoms with van der Waals surface area (Å²) in [6.07, 6.45) is 1.69. The molecule has 0 aliphatic rings. The van der Waals surface area contributed by atoms with Crippen LogP contribution in [-0.4, -0.2) is 10.1 Å². The van der Waals surface area contributed by atoms with Crippen molar-refractivity contribution in [3.63, 3.8) is 0 Å². The van der Waals surface area contributed by atoms with Crippen molar-refractivity contribution in [2.45, 2.75) is 0 Å². The Labute approximate surface area is 91.9 Å². The number of rotatable bonds is 0. The molecule has 0 radical (unpaired) electrons. The molecular weight excluding hydrogens is 298 g/mol. The van der Waals surface area contributed by atoms with Gasteiger partial charge in [-0.3, -0.25) is 4.98 Å². The summed E-state index contributed by atoms with van der Waals surface area (Å²) in [5.74, 6) is 0.228. The van der Waals surface area contributed by atoms with Gasteiger partial charge >= 0.3 is 0 Å². The normalized spacial score (nSPS) is 10.6. The first-order chi connectivity index (χ1) is 6.20. The molecular formula is C9H5Br2NO. The van der Waals surface area contributed by atoms with E-state index >= 15 is 0 Å². The van der Waals surface area contributed by atoms with Crippen LogP contribution in [0.25, 0.3) is 10.9 Å². The summed E-state index contributed by atoms with van der Waals surface area (Å²) in [6.45, 7) is 0. The molecule has 4 heteroatoms. The highest BCUT2D eigenvalue weighted by molar-refractivity contribution is 9.11. The average molecular weight is 303 g/mol. The highest BCUT2D eigenvalue weighted by Gasteiger charge is 2.07. The molecule has 0 aliphatic carbocycles. The molecule has 0 saturated heterocycles. The van der Waals surface area contributed by atoms with Crippen LogP contribution in [0.3, 0.4) is 0 Å². The van der Waals surface area contributed by atoms with Gasteiger partial charge in [-0.2, -0.15) is 0 Å². The fourth-order valence-corrected chi connectivity index (χ4v) is 2.46. The van der Waals surface area contributed by atoms with Crippen LogP contribution in [0, 0.1) is 0 Å². The van der Waals surface area contributed by atoms with Gasteiger partial charge in [0.25, 0.3) is 0 Å². The monoisotopic (exact) mass is 301 g/mol. The summed E-state index contributed by atoms with van der Waals surface area (Å²) in [5.41, 5.74) is 0.767. The first-order valence-corrected chi connectivity index (χ1v) is 5.20. The number of aromatic hydroxyl groups is 1. The van der Waals surface area contributed by atoms with Gasteiger partial charge in [0.05, 0.1) is 9.99 Å². The molecule has 2 nitrogen and oxygen atoms in total. The summed E-state index contributed by atoms with van der Waals surface area (Å²) in [6, 6.07) is 5.40. The zero-order valence-electron chi connectivity index (χ0n) is 6.46. The summed E-state index contributed by atoms with van der Waals surface area (Å²) >= 11 is 6.64. The van der Waals surface area contributed by atoms with Crippen LogP contribution in [0.5, 0.6) is 5.75 Å². The molecule has 0 spiro atoms. The van der Waals surface area contributed by atoms with E-state index in [4.69, 9.17) is 0 Å². The zero-order valence-corrected chi connectivity index (χ0v) is 9.63. The minimum atomic E-state index is 0.228. The van der Waals surface area contributed by atoms with Gasteiger partial charge in [0, 0.05) is 16.1 Å². The van der Waals surface area contributed by atoms with Crippen molar-refractivity contribution in [3.05, 3.63) is 33.3 Å². The third kappa shape index (κ3) is 1.44. The first kappa shape index (κ1) is 8.97. The number of hydrogen-bond donors (Lipinski definition) is 1. The number of halogens is 2. The lowest BCUT2D eigenvalue weighted by Gasteiger charge is -2.03. The van der Waals surface area contributed by atoms with Crippen molar-refractivity contribution in [2.75, 3.05) is 0 Å². The van der Waals surface area contributed by atoms with Crippen molar-refractivity contribution >= 4 is 42.8 Å². The molecule has 0 bridgehead atoms. The number of phenolic OH excluding ortho intramolecular Hbond substituents is 1. The smallest absolute Gasteiger partial charge is 0.139 e. The molecule has 13 heavy (non-hydrogen) atoms. The van der Waals surface area contributed by atoms with Gasteiger partial charge in [-0.1, -0.05) is 0 Å². The Kier molecular flexibility index (Phi) is 2.26. The van der Waals surface area contributed by atoms with Crippen molar-refractivity contribution in [3.8, 4) is 5.75 Å². The van der Waals surface area contributed by atoms with Gasteiger partial charge in [0.15, 0.2) is 0 Å². The summed E-state index contributed by atoms with van der Waals surface area (Å²) in [4.78, 5) is 4.15. The third-order valence-electron chi connectivity index (χ3n) is 1.77. The van der Waals surface area contributed by atoms with E-state index in [1.165, 1.54) is 0 Å². The molecule has 66 valence electrons. The largest absolute Gasteiger partial charge is 0.506 e. The van der Waals surface area contributed by atoms with Gasteiger partial charge in [-0.25, -0.2) is 0 Å². The molecule has 0 unspecified atom stereocenters. The maximum atomic E-state index is 9.67. The zero-order chi connectivity index (χ0) is 9.42. The fraction of sp³-hybridized carbons (Fsp3) is 0. The summed E-state index contributed by atoms with van der Waals surface area (Å²) in [5, 5.41) is 10.4. The van der Waals surface area contributed by atoms with Gasteiger partial charge < -0.3 is 5.11 Å². The Morgan fingerprint density at radius 3 is 2.77 bits per heavy atom. The second kappa shape index (κ2) is 3.27. The second-order valence-corrected chi connectivity index (χ2v) is 4.30. The molecule has 0 aliphatic heterocycles. The molecule has 0 amide bonds. The van der Waals surface area contributed by atoms with E-state index in [0.29, 0.717) is 4.47 Å². The Bertz CT molecular complexity index is 470. The van der Waals surface area contributed by atoms with Crippen LogP contribution in [0.2, 0.25) is 0 Å². The molecule has 1 aromatic heterocycles. The minimum absolute atomic E-state index is 0.228. The molecule has 0 fully saturated rings. The standard InChI is InChI=1S/C9H5Br2NO/c10-6-4-7(11)9(13)5-2-1-3-12-8(5)6/h1-4,13H. The van der Waals surface area contributed by atoms with E-state index in [9.17, 15) is 5.11 Å². The topological polar surface area (TPSA) is 33.1 Å². The van der Waals surface area contributed by atoms with Gasteiger partial charge in [0.1, 0.15) is 5.75 Å². The number of nitrogens with zero attached hydrogens (tertiary/aromatic N) is 1. The van der Waals surface area contributed by atoms with E-state index in [2.05, 4.69) is 36.8 Å². The molecule has 0 atom stereocenters. The van der Waals surface area contributed by atoms with E-state index in [-0.39, 0.29) is 5.75 Å². The quantitative estimate of drug-likeness (QED) is 0.808. The van der Waals surface area contributed by atoms with Crippen LogP contribution in [0.4, 0.5) is 0 Å². The van der Waals surface area contributed by atoms with Crippen LogP contribution >= 0.6 is 31.9 Å². The molecule has 2 aromatic rings. The second-order valence-electron chi connectivity index (χ2n) is 2.59. The van der Waals surface area contributed by atoms with Crippen LogP contribution < -0.4 is 0 Å². The van der Waals surface area contributed by atoms with Gasteiger partial charge in [-0.15, -0.1) is 0 Å². The van der Waals surface area contributed by atoms with E-state index in [1.54, 1.807) is 18.3 Å². The Balaban J connectivity index is 2.97. The van der Waals surface area contributed by atoms with Crippen molar-refractivity contribution in [2.24, 2.45) is 0 Å². The van der Waals surface area contributed by atoms with Crippen LogP contribution in [0.1, 0.15) is 0 Å². The van der Waals surface area contributed by atoms with E-state index in [0.717, 1.165) is 15.4 Å². The third-order valence-corrected chi connectivity index (χ3v) is 2.98. The Morgan fingerprint density at radius 2 is 2.00 bits per heavy atom. The van der Waals surface area contributed by atoms with Crippen molar-refractivity contribution in [1.29, 1.82) is 0 Å². The number of aromatic nitrogens is 1. The van der Waals surface area contributed by atoms with Gasteiger partial charge in [-0.05, 0) is 50.1 Å². The van der Waals surface area contributed by atoms with E-state index in [1.807, 2.05) is 6.07 Å². The molecule has 1 heterocycles. The SMILES string of the molecule is Oc1c(Br)cc(Br)c2ncccc12. The number of hydrogen-bond acceptors (Lipinski definition) is 2.